The largest absolute Gasteiger partial charge is 0.331 e. The van der Waals surface area contributed by atoms with Crippen LogP contribution in [0.2, 0.25) is 0 Å². The van der Waals surface area contributed by atoms with Crippen molar-refractivity contribution in [3.8, 4) is 0 Å². The first-order valence-corrected chi connectivity index (χ1v) is 7.04. The Morgan fingerprint density at radius 2 is 1.84 bits per heavy atom. The zero-order valence-corrected chi connectivity index (χ0v) is 12.7. The number of hydrazine groups is 1. The molecule has 1 saturated heterocycles. The van der Waals surface area contributed by atoms with Gasteiger partial charge in [-0.1, -0.05) is 12.1 Å². The van der Waals surface area contributed by atoms with Crippen LogP contribution in [-0.2, 0) is 0 Å². The molecule has 1 aromatic rings. The van der Waals surface area contributed by atoms with Crippen LogP contribution in [0.4, 0.5) is 5.69 Å². The molecule has 0 unspecified atom stereocenters. The van der Waals surface area contributed by atoms with Gasteiger partial charge in [-0.05, 0) is 50.3 Å². The number of piperazine rings is 1. The van der Waals surface area contributed by atoms with Gasteiger partial charge in [0.15, 0.2) is 5.11 Å². The summed E-state index contributed by atoms with van der Waals surface area (Å²) in [6.07, 6.45) is 0. The Labute approximate surface area is 120 Å². The van der Waals surface area contributed by atoms with Gasteiger partial charge in [-0.3, -0.25) is 5.43 Å². The second-order valence-electron chi connectivity index (χ2n) is 5.17. The molecular weight excluding hydrogens is 256 g/mol. The molecule has 2 N–H and O–H groups in total. The lowest BCUT2D eigenvalue weighted by molar-refractivity contribution is 0.131. The van der Waals surface area contributed by atoms with E-state index >= 15 is 0 Å². The molecule has 2 rings (SSSR count). The first kappa shape index (κ1) is 14.2. The molecule has 1 aliphatic heterocycles. The molecule has 0 saturated carbocycles. The van der Waals surface area contributed by atoms with Gasteiger partial charge in [0.05, 0.1) is 0 Å². The Balaban J connectivity index is 1.89. The normalized spacial score (nSPS) is 17.2. The highest BCUT2D eigenvalue weighted by Gasteiger charge is 2.14. The smallest absolute Gasteiger partial charge is 0.185 e. The van der Waals surface area contributed by atoms with Crippen molar-refractivity contribution in [3.05, 3.63) is 29.3 Å². The van der Waals surface area contributed by atoms with Gasteiger partial charge in [0, 0.05) is 31.9 Å². The molecule has 19 heavy (non-hydrogen) atoms. The van der Waals surface area contributed by atoms with Gasteiger partial charge < -0.3 is 10.2 Å². The van der Waals surface area contributed by atoms with Crippen LogP contribution in [0, 0.1) is 13.8 Å². The molecule has 1 aliphatic rings. The van der Waals surface area contributed by atoms with E-state index in [0.717, 1.165) is 31.9 Å². The van der Waals surface area contributed by atoms with Gasteiger partial charge >= 0.3 is 0 Å². The van der Waals surface area contributed by atoms with E-state index in [0.29, 0.717) is 5.11 Å². The number of anilines is 1. The maximum absolute atomic E-state index is 5.37. The summed E-state index contributed by atoms with van der Waals surface area (Å²) in [5.74, 6) is 0. The fourth-order valence-corrected chi connectivity index (χ4v) is 2.32. The highest BCUT2D eigenvalue weighted by Crippen LogP contribution is 2.16. The Morgan fingerprint density at radius 3 is 2.53 bits per heavy atom. The summed E-state index contributed by atoms with van der Waals surface area (Å²) in [6, 6.07) is 6.33. The standard InChI is InChI=1S/C14H22N4S/c1-11-4-5-12(2)13(10-11)15-14(19)16-18-8-6-17(3)7-9-18/h4-5,10H,6-9H2,1-3H3,(H2,15,16,19). The second-order valence-corrected chi connectivity index (χ2v) is 5.58. The number of hydrogen-bond acceptors (Lipinski definition) is 3. The van der Waals surface area contributed by atoms with Crippen molar-refractivity contribution in [2.45, 2.75) is 13.8 Å². The molecule has 0 spiro atoms. The quantitative estimate of drug-likeness (QED) is 0.805. The molecule has 104 valence electrons. The summed E-state index contributed by atoms with van der Waals surface area (Å²) in [4.78, 5) is 2.32. The molecule has 0 aliphatic carbocycles. The van der Waals surface area contributed by atoms with Gasteiger partial charge in [-0.25, -0.2) is 5.01 Å². The van der Waals surface area contributed by atoms with Crippen LogP contribution in [0.5, 0.6) is 0 Å². The van der Waals surface area contributed by atoms with Crippen LogP contribution in [0.15, 0.2) is 18.2 Å². The van der Waals surface area contributed by atoms with Crippen LogP contribution < -0.4 is 10.7 Å². The summed E-state index contributed by atoms with van der Waals surface area (Å²) in [5.41, 5.74) is 6.77. The summed E-state index contributed by atoms with van der Waals surface area (Å²) >= 11 is 5.37. The van der Waals surface area contributed by atoms with E-state index in [1.165, 1.54) is 11.1 Å². The number of nitrogens with one attached hydrogen (secondary N) is 2. The van der Waals surface area contributed by atoms with Crippen LogP contribution in [0.25, 0.3) is 0 Å². The molecule has 0 radical (unpaired) electrons. The van der Waals surface area contributed by atoms with Gasteiger partial charge in [0.1, 0.15) is 0 Å². The maximum Gasteiger partial charge on any atom is 0.185 e. The van der Waals surface area contributed by atoms with Gasteiger partial charge in [-0.15, -0.1) is 0 Å². The molecule has 5 heteroatoms. The van der Waals surface area contributed by atoms with E-state index in [1.807, 2.05) is 0 Å². The Hall–Kier alpha value is -1.17. The van der Waals surface area contributed by atoms with Crippen molar-refractivity contribution in [2.24, 2.45) is 0 Å². The number of benzene rings is 1. The average Bonchev–Trinajstić information content (AvgIpc) is 2.37. The minimum Gasteiger partial charge on any atom is -0.331 e. The second kappa shape index (κ2) is 6.32. The topological polar surface area (TPSA) is 30.5 Å². The SMILES string of the molecule is Cc1ccc(C)c(NC(=S)NN2CCN(C)CC2)c1. The third-order valence-electron chi connectivity index (χ3n) is 3.40. The number of aryl methyl sites for hydroxylation is 2. The minimum atomic E-state index is 0.665. The Kier molecular flexibility index (Phi) is 4.74. The lowest BCUT2D eigenvalue weighted by Gasteiger charge is -2.33. The first-order valence-electron chi connectivity index (χ1n) is 6.63. The Morgan fingerprint density at radius 1 is 1.16 bits per heavy atom. The number of thiocarbonyl (C=S) groups is 1. The number of likely N-dealkylation sites (N-methyl/N-ethyl adjacent to an activating group) is 1. The van der Waals surface area contributed by atoms with E-state index in [4.69, 9.17) is 12.2 Å². The van der Waals surface area contributed by atoms with Crippen LogP contribution in [0.1, 0.15) is 11.1 Å². The van der Waals surface area contributed by atoms with Crippen molar-refractivity contribution in [2.75, 3.05) is 38.5 Å². The highest BCUT2D eigenvalue weighted by molar-refractivity contribution is 7.80. The third-order valence-corrected chi connectivity index (χ3v) is 3.60. The van der Waals surface area contributed by atoms with Crippen molar-refractivity contribution >= 4 is 23.0 Å². The highest BCUT2D eigenvalue weighted by atomic mass is 32.1. The van der Waals surface area contributed by atoms with E-state index in [1.54, 1.807) is 0 Å². The Bertz CT molecular complexity index is 453. The summed E-state index contributed by atoms with van der Waals surface area (Å²) in [5, 5.41) is 6.11. The first-order chi connectivity index (χ1) is 9.04. The van der Waals surface area contributed by atoms with Crippen LogP contribution in [-0.4, -0.2) is 48.2 Å². The number of rotatable bonds is 2. The van der Waals surface area contributed by atoms with Crippen molar-refractivity contribution < 1.29 is 0 Å². The molecule has 0 bridgehead atoms. The molecule has 0 aromatic heterocycles. The van der Waals surface area contributed by atoms with Crippen LogP contribution in [0.3, 0.4) is 0 Å². The van der Waals surface area contributed by atoms with Crippen molar-refractivity contribution in [1.29, 1.82) is 0 Å². The monoisotopic (exact) mass is 278 g/mol. The lowest BCUT2D eigenvalue weighted by Crippen LogP contribution is -2.53. The van der Waals surface area contributed by atoms with E-state index < -0.39 is 0 Å². The molecule has 1 fully saturated rings. The van der Waals surface area contributed by atoms with E-state index in [2.05, 4.69) is 59.7 Å². The third kappa shape index (κ3) is 4.16. The van der Waals surface area contributed by atoms with Crippen LogP contribution >= 0.6 is 12.2 Å². The molecule has 0 amide bonds. The lowest BCUT2D eigenvalue weighted by atomic mass is 10.1. The summed E-state index contributed by atoms with van der Waals surface area (Å²) in [6.45, 7) is 8.29. The maximum atomic E-state index is 5.37. The zero-order valence-electron chi connectivity index (χ0n) is 11.9. The van der Waals surface area contributed by atoms with Crippen molar-refractivity contribution in [3.63, 3.8) is 0 Å². The van der Waals surface area contributed by atoms with Gasteiger partial charge in [0.2, 0.25) is 0 Å². The molecule has 4 nitrogen and oxygen atoms in total. The predicted octanol–water partition coefficient (Wildman–Crippen LogP) is 1.75. The number of nitrogens with zero attached hydrogens (tertiary/aromatic N) is 2. The molecular formula is C14H22N4S. The fourth-order valence-electron chi connectivity index (χ4n) is 2.08. The van der Waals surface area contributed by atoms with Gasteiger partial charge in [-0.2, -0.15) is 0 Å². The predicted molar refractivity (Wildman–Crippen MR) is 84.3 cm³/mol. The zero-order chi connectivity index (χ0) is 13.8. The van der Waals surface area contributed by atoms with Crippen molar-refractivity contribution in [1.82, 2.24) is 15.3 Å². The summed E-state index contributed by atoms with van der Waals surface area (Å²) < 4.78 is 0. The molecule has 0 atom stereocenters. The molecule has 1 aromatic carbocycles. The van der Waals surface area contributed by atoms with Gasteiger partial charge in [0.25, 0.3) is 0 Å². The summed E-state index contributed by atoms with van der Waals surface area (Å²) in [7, 11) is 2.14. The van der Waals surface area contributed by atoms with E-state index in [9.17, 15) is 0 Å². The number of hydrogen-bond donors (Lipinski definition) is 2. The minimum absolute atomic E-state index is 0.665. The molecule has 1 heterocycles. The average molecular weight is 278 g/mol. The van der Waals surface area contributed by atoms with E-state index in [-0.39, 0.29) is 0 Å². The fraction of sp³-hybridized carbons (Fsp3) is 0.500.